The third-order valence-corrected chi connectivity index (χ3v) is 4.33. The first-order valence-electron chi connectivity index (χ1n) is 8.30. The minimum atomic E-state index is -0.314. The Hall–Kier alpha value is -2.82. The van der Waals surface area contributed by atoms with Gasteiger partial charge in [0.1, 0.15) is 19.0 Å². The summed E-state index contributed by atoms with van der Waals surface area (Å²) in [6.07, 6.45) is 3.48. The van der Waals surface area contributed by atoms with E-state index in [4.69, 9.17) is 9.47 Å². The predicted molar refractivity (Wildman–Crippen MR) is 94.7 cm³/mol. The van der Waals surface area contributed by atoms with Crippen LogP contribution in [0.4, 0.5) is 0 Å². The molecule has 0 saturated heterocycles. The molecule has 3 rings (SSSR count). The Kier molecular flexibility index (Phi) is 5.03. The van der Waals surface area contributed by atoms with Crippen LogP contribution >= 0.6 is 0 Å². The molecule has 5 nitrogen and oxygen atoms in total. The van der Waals surface area contributed by atoms with Crippen LogP contribution in [0.1, 0.15) is 35.2 Å². The van der Waals surface area contributed by atoms with Gasteiger partial charge in [0, 0.05) is 12.4 Å². The summed E-state index contributed by atoms with van der Waals surface area (Å²) in [5.74, 6) is 0.460. The second-order valence-electron chi connectivity index (χ2n) is 6.12. The van der Waals surface area contributed by atoms with Crippen LogP contribution < -0.4 is 5.32 Å². The van der Waals surface area contributed by atoms with Crippen molar-refractivity contribution in [3.05, 3.63) is 76.5 Å². The number of benzene rings is 1. The summed E-state index contributed by atoms with van der Waals surface area (Å²) in [7, 11) is 0. The van der Waals surface area contributed by atoms with Crippen LogP contribution in [0.5, 0.6) is 0 Å². The summed E-state index contributed by atoms with van der Waals surface area (Å²) in [6, 6.07) is 9.68. The van der Waals surface area contributed by atoms with Crippen LogP contribution in [0.2, 0.25) is 0 Å². The number of hydrogen-bond donors (Lipinski definition) is 1. The molecule has 0 bridgehead atoms. The van der Waals surface area contributed by atoms with Gasteiger partial charge in [0.15, 0.2) is 0 Å². The summed E-state index contributed by atoms with van der Waals surface area (Å²) in [5.41, 5.74) is 4.30. The number of allylic oxidation sites excluding steroid dienone is 1. The van der Waals surface area contributed by atoms with E-state index in [0.29, 0.717) is 19.0 Å². The van der Waals surface area contributed by atoms with Gasteiger partial charge < -0.3 is 14.8 Å². The standard InChI is InChI=1S/C20H22N2O3/c1-13-6-7-16(11-14(13)2)18(17-5-4-8-21-12-17)22-20(23)19-15(3)24-9-10-25-19/h4-8,11-12,18H,9-10H2,1-3H3,(H,22,23). The van der Waals surface area contributed by atoms with Crippen LogP contribution in [-0.4, -0.2) is 24.1 Å². The van der Waals surface area contributed by atoms with Crippen molar-refractivity contribution in [3.63, 3.8) is 0 Å². The molecule has 1 N–H and O–H groups in total. The van der Waals surface area contributed by atoms with Gasteiger partial charge in [0.2, 0.25) is 5.76 Å². The molecule has 1 aliphatic rings. The van der Waals surface area contributed by atoms with E-state index in [0.717, 1.165) is 11.1 Å². The zero-order valence-electron chi connectivity index (χ0n) is 14.7. The van der Waals surface area contributed by atoms with Crippen LogP contribution in [0, 0.1) is 13.8 Å². The quantitative estimate of drug-likeness (QED) is 0.930. The fourth-order valence-electron chi connectivity index (χ4n) is 2.78. The van der Waals surface area contributed by atoms with E-state index in [1.54, 1.807) is 19.3 Å². The maximum atomic E-state index is 12.7. The number of ether oxygens (including phenoxy) is 2. The summed E-state index contributed by atoms with van der Waals surface area (Å²) < 4.78 is 10.9. The van der Waals surface area contributed by atoms with Gasteiger partial charge in [-0.1, -0.05) is 24.3 Å². The number of carbonyl (C=O) groups is 1. The summed E-state index contributed by atoms with van der Waals surface area (Å²) in [6.45, 7) is 6.71. The van der Waals surface area contributed by atoms with Gasteiger partial charge in [0.05, 0.1) is 6.04 Å². The van der Waals surface area contributed by atoms with Crippen molar-refractivity contribution in [3.8, 4) is 0 Å². The fourth-order valence-corrected chi connectivity index (χ4v) is 2.78. The lowest BCUT2D eigenvalue weighted by Gasteiger charge is -2.24. The number of carbonyl (C=O) groups excluding carboxylic acids is 1. The zero-order chi connectivity index (χ0) is 17.8. The molecule has 0 saturated carbocycles. The minimum absolute atomic E-state index is 0.240. The Morgan fingerprint density at radius 1 is 1.08 bits per heavy atom. The summed E-state index contributed by atoms with van der Waals surface area (Å²) in [5, 5.41) is 3.05. The highest BCUT2D eigenvalue weighted by atomic mass is 16.6. The van der Waals surface area contributed by atoms with Crippen LogP contribution in [0.15, 0.2) is 54.2 Å². The first kappa shape index (κ1) is 17.0. The molecule has 0 aliphatic carbocycles. The minimum Gasteiger partial charge on any atom is -0.491 e. The topological polar surface area (TPSA) is 60.5 Å². The highest BCUT2D eigenvalue weighted by Gasteiger charge is 2.24. The molecule has 1 aliphatic heterocycles. The number of rotatable bonds is 4. The number of hydrogen-bond acceptors (Lipinski definition) is 4. The monoisotopic (exact) mass is 338 g/mol. The molecule has 0 fully saturated rings. The zero-order valence-corrected chi connectivity index (χ0v) is 14.7. The van der Waals surface area contributed by atoms with E-state index in [9.17, 15) is 4.79 Å². The molecule has 1 unspecified atom stereocenters. The smallest absolute Gasteiger partial charge is 0.290 e. The van der Waals surface area contributed by atoms with Crippen molar-refractivity contribution in [1.82, 2.24) is 10.3 Å². The van der Waals surface area contributed by atoms with Crippen molar-refractivity contribution in [2.75, 3.05) is 13.2 Å². The van der Waals surface area contributed by atoms with Crippen molar-refractivity contribution >= 4 is 5.91 Å². The van der Waals surface area contributed by atoms with Gasteiger partial charge in [-0.2, -0.15) is 0 Å². The van der Waals surface area contributed by atoms with Gasteiger partial charge in [-0.25, -0.2) is 0 Å². The number of aromatic nitrogens is 1. The van der Waals surface area contributed by atoms with E-state index >= 15 is 0 Å². The lowest BCUT2D eigenvalue weighted by molar-refractivity contribution is -0.123. The van der Waals surface area contributed by atoms with Crippen molar-refractivity contribution < 1.29 is 14.3 Å². The molecule has 1 amide bonds. The summed E-state index contributed by atoms with van der Waals surface area (Å²) >= 11 is 0. The van der Waals surface area contributed by atoms with Crippen LogP contribution in [0.25, 0.3) is 0 Å². The highest BCUT2D eigenvalue weighted by Crippen LogP contribution is 2.25. The number of nitrogens with zero attached hydrogens (tertiary/aromatic N) is 1. The number of nitrogens with one attached hydrogen (secondary N) is 1. The van der Waals surface area contributed by atoms with Crippen LogP contribution in [0.3, 0.4) is 0 Å². The SMILES string of the molecule is CC1=C(C(=O)NC(c2cccnc2)c2ccc(C)c(C)c2)OCCO1. The van der Waals surface area contributed by atoms with Crippen molar-refractivity contribution in [1.29, 1.82) is 0 Å². The molecule has 2 aromatic rings. The van der Waals surface area contributed by atoms with E-state index in [-0.39, 0.29) is 17.7 Å². The first-order valence-corrected chi connectivity index (χ1v) is 8.30. The molecule has 1 aromatic carbocycles. The van der Waals surface area contributed by atoms with E-state index < -0.39 is 0 Å². The molecule has 1 aromatic heterocycles. The average Bonchev–Trinajstić information content (AvgIpc) is 2.63. The molecule has 1 atom stereocenters. The molecule has 0 spiro atoms. The Labute approximate surface area is 147 Å². The van der Waals surface area contributed by atoms with Gasteiger partial charge in [0.25, 0.3) is 5.91 Å². The summed E-state index contributed by atoms with van der Waals surface area (Å²) in [4.78, 5) is 16.9. The number of amides is 1. The highest BCUT2D eigenvalue weighted by molar-refractivity contribution is 5.92. The Bertz CT molecular complexity index is 800. The average molecular weight is 338 g/mol. The Balaban J connectivity index is 1.94. The molecule has 2 heterocycles. The second-order valence-corrected chi connectivity index (χ2v) is 6.12. The fraction of sp³-hybridized carbons (Fsp3) is 0.300. The largest absolute Gasteiger partial charge is 0.491 e. The lowest BCUT2D eigenvalue weighted by Crippen LogP contribution is -2.33. The Morgan fingerprint density at radius 2 is 1.88 bits per heavy atom. The molecule has 25 heavy (non-hydrogen) atoms. The van der Waals surface area contributed by atoms with Gasteiger partial charge in [-0.05, 0) is 49.1 Å². The number of pyridine rings is 1. The van der Waals surface area contributed by atoms with E-state index in [1.807, 2.05) is 18.2 Å². The van der Waals surface area contributed by atoms with E-state index in [1.165, 1.54) is 11.1 Å². The molecular formula is C20H22N2O3. The molecule has 130 valence electrons. The van der Waals surface area contributed by atoms with Gasteiger partial charge in [-0.3, -0.25) is 9.78 Å². The second kappa shape index (κ2) is 7.38. The Morgan fingerprint density at radius 3 is 2.56 bits per heavy atom. The normalized spacial score (nSPS) is 15.2. The lowest BCUT2D eigenvalue weighted by atomic mass is 9.96. The first-order chi connectivity index (χ1) is 12.1. The third kappa shape index (κ3) is 3.82. The van der Waals surface area contributed by atoms with Gasteiger partial charge in [-0.15, -0.1) is 0 Å². The molecule has 5 heteroatoms. The number of aryl methyl sites for hydroxylation is 2. The maximum Gasteiger partial charge on any atom is 0.290 e. The van der Waals surface area contributed by atoms with Gasteiger partial charge >= 0.3 is 0 Å². The third-order valence-electron chi connectivity index (χ3n) is 4.33. The van der Waals surface area contributed by atoms with E-state index in [2.05, 4.69) is 36.3 Å². The molecule has 0 radical (unpaired) electrons. The molecular weight excluding hydrogens is 316 g/mol. The van der Waals surface area contributed by atoms with Crippen molar-refractivity contribution in [2.45, 2.75) is 26.8 Å². The van der Waals surface area contributed by atoms with Crippen molar-refractivity contribution in [2.24, 2.45) is 0 Å². The van der Waals surface area contributed by atoms with Crippen LogP contribution in [-0.2, 0) is 14.3 Å². The maximum absolute atomic E-state index is 12.7. The predicted octanol–water partition coefficient (Wildman–Crippen LogP) is 3.18.